The number of hydrogen-bond acceptors (Lipinski definition) is 18. The summed E-state index contributed by atoms with van der Waals surface area (Å²) in [6.07, 6.45) is 0. The summed E-state index contributed by atoms with van der Waals surface area (Å²) in [4.78, 5) is 6.28. The molecule has 294 valence electrons. The van der Waals surface area contributed by atoms with Crippen LogP contribution in [0.3, 0.4) is 0 Å². The highest BCUT2D eigenvalue weighted by atomic mass is 32.2. The lowest BCUT2D eigenvalue weighted by Crippen LogP contribution is -2.27. The highest BCUT2D eigenvalue weighted by Gasteiger charge is 2.52. The van der Waals surface area contributed by atoms with Crippen LogP contribution in [0.25, 0.3) is 9.81 Å². The average molecular weight is 875 g/mol. The molecule has 0 radical (unpaired) electrons. The Labute approximate surface area is 345 Å². The van der Waals surface area contributed by atoms with Gasteiger partial charge in [0.15, 0.2) is 63.3 Å². The van der Waals surface area contributed by atoms with Crippen LogP contribution in [0.4, 0.5) is 0 Å². The van der Waals surface area contributed by atoms with Crippen LogP contribution in [0.15, 0.2) is 34.6 Å². The van der Waals surface area contributed by atoms with Gasteiger partial charge in [-0.3, -0.25) is 0 Å². The molecule has 12 heterocycles. The average Bonchev–Trinajstić information content (AvgIpc) is 4.10. The van der Waals surface area contributed by atoms with E-state index < -0.39 is 0 Å². The summed E-state index contributed by atoms with van der Waals surface area (Å²) in [5, 5.41) is -0.491. The van der Waals surface area contributed by atoms with Crippen molar-refractivity contribution in [1.82, 2.24) is 0 Å². The van der Waals surface area contributed by atoms with Gasteiger partial charge in [0.05, 0.1) is 39.1 Å². The quantitative estimate of drug-likeness (QED) is 0.296. The molecule has 3 aromatic heterocycles. The molecule has 0 bridgehead atoms. The topological polar surface area (TPSA) is 111 Å². The third kappa shape index (κ3) is 5.24. The SMILES string of the molecule is Cc1sc(C2SC(=c3sc(=C4SC(C5SC(c6sc(C)c7c6OCCO7)C6=C5OCCO6)C5=C4OCCO5)c4c3OCCO4)C3=C2OCCO3)c2c1OCCO2. The van der Waals surface area contributed by atoms with E-state index in [9.17, 15) is 0 Å². The molecule has 0 aliphatic carbocycles. The van der Waals surface area contributed by atoms with Crippen molar-refractivity contribution in [2.75, 3.05) is 79.3 Å². The molecule has 12 rings (SSSR count). The van der Waals surface area contributed by atoms with E-state index in [1.807, 2.05) is 11.8 Å². The van der Waals surface area contributed by atoms with Crippen molar-refractivity contribution in [3.05, 3.63) is 63.1 Å². The van der Waals surface area contributed by atoms with E-state index >= 15 is 0 Å². The molecule has 9 aliphatic heterocycles. The van der Waals surface area contributed by atoms with Crippen LogP contribution >= 0.6 is 69.3 Å². The summed E-state index contributed by atoms with van der Waals surface area (Å²) in [7, 11) is 0. The Morgan fingerprint density at radius 2 is 0.821 bits per heavy atom. The monoisotopic (exact) mass is 874 g/mol. The number of rotatable bonds is 3. The van der Waals surface area contributed by atoms with Crippen LogP contribution in [-0.2, 0) is 28.4 Å². The maximum absolute atomic E-state index is 6.52. The zero-order valence-electron chi connectivity index (χ0n) is 30.1. The minimum absolute atomic E-state index is 0.0980. The first-order chi connectivity index (χ1) is 27.6. The molecular formula is C38H34O12S6. The van der Waals surface area contributed by atoms with Gasteiger partial charge in [-0.1, -0.05) is 0 Å². The summed E-state index contributed by atoms with van der Waals surface area (Å²) >= 11 is 10.3. The fourth-order valence-electron chi connectivity index (χ4n) is 8.14. The van der Waals surface area contributed by atoms with Gasteiger partial charge in [0, 0.05) is 9.75 Å². The summed E-state index contributed by atoms with van der Waals surface area (Å²) in [6, 6.07) is 0. The fraction of sp³-hybridized carbons (Fsp3) is 0.474. The van der Waals surface area contributed by atoms with Gasteiger partial charge in [-0.25, -0.2) is 0 Å². The molecular weight excluding hydrogens is 841 g/mol. The maximum Gasteiger partial charge on any atom is 0.181 e. The largest absolute Gasteiger partial charge is 0.490 e. The zero-order valence-corrected chi connectivity index (χ0v) is 35.0. The lowest BCUT2D eigenvalue weighted by atomic mass is 10.1. The van der Waals surface area contributed by atoms with Gasteiger partial charge >= 0.3 is 0 Å². The van der Waals surface area contributed by atoms with E-state index in [0.29, 0.717) is 90.8 Å². The molecule has 0 fully saturated rings. The lowest BCUT2D eigenvalue weighted by Gasteiger charge is -2.26. The van der Waals surface area contributed by atoms with Crippen LogP contribution in [0.5, 0.6) is 34.5 Å². The van der Waals surface area contributed by atoms with E-state index in [2.05, 4.69) is 13.8 Å². The molecule has 56 heavy (non-hydrogen) atoms. The summed E-state index contributed by atoms with van der Waals surface area (Å²) in [6.45, 7) is 10.00. The van der Waals surface area contributed by atoms with E-state index in [4.69, 9.17) is 56.8 Å². The third-order valence-corrected chi connectivity index (χ3v) is 18.7. The number of ether oxygens (including phenoxy) is 12. The second-order valence-corrected chi connectivity index (χ2v) is 20.8. The Balaban J connectivity index is 0.975. The predicted octanol–water partition coefficient (Wildman–Crippen LogP) is 6.25. The minimum Gasteiger partial charge on any atom is -0.490 e. The van der Waals surface area contributed by atoms with Crippen molar-refractivity contribution < 1.29 is 56.8 Å². The lowest BCUT2D eigenvalue weighted by molar-refractivity contribution is 0.0536. The van der Waals surface area contributed by atoms with Crippen molar-refractivity contribution >= 4 is 79.1 Å². The van der Waals surface area contributed by atoms with Gasteiger partial charge in [-0.15, -0.1) is 69.3 Å². The van der Waals surface area contributed by atoms with Crippen LogP contribution < -0.4 is 37.5 Å². The molecule has 9 aliphatic rings. The number of aryl methyl sites for hydroxylation is 2. The van der Waals surface area contributed by atoms with Gasteiger partial charge in [0.2, 0.25) is 0 Å². The van der Waals surface area contributed by atoms with Crippen molar-refractivity contribution in [2.45, 2.75) is 34.8 Å². The molecule has 0 saturated heterocycles. The minimum atomic E-state index is -0.148. The van der Waals surface area contributed by atoms with E-state index in [-0.39, 0.29) is 21.0 Å². The molecule has 0 saturated carbocycles. The molecule has 12 nitrogen and oxygen atoms in total. The van der Waals surface area contributed by atoms with Gasteiger partial charge in [0.1, 0.15) is 95.5 Å². The van der Waals surface area contributed by atoms with Crippen molar-refractivity contribution in [1.29, 1.82) is 0 Å². The van der Waals surface area contributed by atoms with Gasteiger partial charge in [0.25, 0.3) is 0 Å². The highest BCUT2D eigenvalue weighted by Crippen LogP contribution is 2.63. The van der Waals surface area contributed by atoms with Crippen LogP contribution in [0, 0.1) is 13.8 Å². The van der Waals surface area contributed by atoms with Gasteiger partial charge in [-0.05, 0) is 13.8 Å². The number of thioether (sulfide) groups is 3. The fourth-order valence-corrected chi connectivity index (χ4v) is 16.6. The first-order valence-corrected chi connectivity index (χ1v) is 23.7. The Morgan fingerprint density at radius 1 is 0.375 bits per heavy atom. The molecule has 0 amide bonds. The maximum atomic E-state index is 6.52. The molecule has 4 unspecified atom stereocenters. The molecule has 4 atom stereocenters. The van der Waals surface area contributed by atoms with E-state index in [1.165, 1.54) is 0 Å². The Bertz CT molecular complexity index is 2400. The molecule has 18 heteroatoms. The molecule has 0 aromatic carbocycles. The Kier molecular flexibility index (Phi) is 8.46. The van der Waals surface area contributed by atoms with E-state index in [1.54, 1.807) is 57.5 Å². The first kappa shape index (κ1) is 34.7. The second-order valence-electron chi connectivity index (χ2n) is 13.7. The van der Waals surface area contributed by atoms with Crippen molar-refractivity contribution in [3.63, 3.8) is 0 Å². The smallest absolute Gasteiger partial charge is 0.181 e. The van der Waals surface area contributed by atoms with Crippen molar-refractivity contribution in [2.24, 2.45) is 0 Å². The number of fused-ring (bicyclic) bond motifs is 3. The predicted molar refractivity (Wildman–Crippen MR) is 214 cm³/mol. The third-order valence-electron chi connectivity index (χ3n) is 10.4. The van der Waals surface area contributed by atoms with Crippen LogP contribution in [0.2, 0.25) is 0 Å². The number of thiophene rings is 3. The normalized spacial score (nSPS) is 29.0. The summed E-state index contributed by atoms with van der Waals surface area (Å²) < 4.78 is 78.1. The van der Waals surface area contributed by atoms with Crippen LogP contribution in [0.1, 0.15) is 30.0 Å². The van der Waals surface area contributed by atoms with E-state index in [0.717, 1.165) is 95.9 Å². The summed E-state index contributed by atoms with van der Waals surface area (Å²) in [5.41, 5.74) is 0. The first-order valence-electron chi connectivity index (χ1n) is 18.6. The zero-order chi connectivity index (χ0) is 37.1. The van der Waals surface area contributed by atoms with Crippen LogP contribution in [-0.4, -0.2) is 89.8 Å². The Morgan fingerprint density at radius 3 is 1.45 bits per heavy atom. The highest BCUT2D eigenvalue weighted by molar-refractivity contribution is 8.11. The molecule has 0 N–H and O–H groups in total. The standard InChI is InChI=1S/C38H34O12S6/c1-15-17-19(41-5-3-39-17)29(51-15)31-21-23(45-9-7-43-21)33(53-31)35-25-27(49-13-11-47-25)37(55-35)38-28-26(48-12-14-50-28)36(56-38)34-24-22(44-8-10-46-24)32(54-34)30-20-18(16(2)52-30)40-4-6-42-20/h31-33,35H,3-14H2,1-2H3. The summed E-state index contributed by atoms with van der Waals surface area (Å²) in [5.74, 6) is 9.53. The molecule has 0 spiro atoms. The van der Waals surface area contributed by atoms with Gasteiger partial charge < -0.3 is 56.8 Å². The Hall–Kier alpha value is -3.29. The van der Waals surface area contributed by atoms with Gasteiger partial charge in [-0.2, -0.15) is 0 Å². The number of hydrogen-bond donors (Lipinski definition) is 0. The molecule has 3 aromatic rings. The second kappa shape index (κ2) is 13.6. The van der Waals surface area contributed by atoms with Crippen molar-refractivity contribution in [3.8, 4) is 34.5 Å².